The van der Waals surface area contributed by atoms with E-state index >= 15 is 0 Å². The number of hydrogen-bond acceptors (Lipinski definition) is 10. The fourth-order valence-electron chi connectivity index (χ4n) is 2.46. The second-order valence-electron chi connectivity index (χ2n) is 6.37. The summed E-state index contributed by atoms with van der Waals surface area (Å²) < 4.78 is 21.1. The maximum Gasteiger partial charge on any atom is 0.373 e. The SMILES string of the molecule is [CH2]COCCOC[C](OOC(=O)c1cccc(OCC)c1)OOC(=O)c1cccc(OCC)c1. The zero-order valence-electron chi connectivity index (χ0n) is 19.2. The van der Waals surface area contributed by atoms with Crippen molar-refractivity contribution in [1.29, 1.82) is 0 Å². The second-order valence-corrected chi connectivity index (χ2v) is 6.37. The van der Waals surface area contributed by atoms with Gasteiger partial charge in [0.1, 0.15) is 18.1 Å². The maximum absolute atomic E-state index is 12.3. The van der Waals surface area contributed by atoms with Crippen molar-refractivity contribution in [3.63, 3.8) is 0 Å². The van der Waals surface area contributed by atoms with Crippen LogP contribution in [-0.4, -0.2) is 51.6 Å². The van der Waals surface area contributed by atoms with Crippen molar-refractivity contribution >= 4 is 11.9 Å². The highest BCUT2D eigenvalue weighted by atomic mass is 17.3. The molecule has 2 aromatic rings. The molecule has 0 unspecified atom stereocenters. The third-order valence-electron chi connectivity index (χ3n) is 3.92. The normalized spacial score (nSPS) is 10.7. The minimum atomic E-state index is -0.821. The van der Waals surface area contributed by atoms with E-state index in [1.807, 2.05) is 13.8 Å². The minimum absolute atomic E-state index is 0.167. The highest BCUT2D eigenvalue weighted by Crippen LogP contribution is 2.18. The van der Waals surface area contributed by atoms with Crippen LogP contribution in [0.1, 0.15) is 34.6 Å². The van der Waals surface area contributed by atoms with Gasteiger partial charge in [-0.15, -0.1) is 9.78 Å². The number of ether oxygens (including phenoxy) is 4. The molecule has 2 rings (SSSR count). The van der Waals surface area contributed by atoms with E-state index in [2.05, 4.69) is 6.92 Å². The van der Waals surface area contributed by atoms with E-state index in [0.29, 0.717) is 24.7 Å². The Kier molecular flexibility index (Phi) is 12.4. The average molecular weight is 476 g/mol. The molecular weight excluding hydrogens is 448 g/mol. The Labute approximate surface area is 198 Å². The number of hydrogen-bond donors (Lipinski definition) is 0. The third-order valence-corrected chi connectivity index (χ3v) is 3.92. The fourth-order valence-corrected chi connectivity index (χ4v) is 2.46. The van der Waals surface area contributed by atoms with Crippen LogP contribution in [0.15, 0.2) is 48.5 Å². The molecule has 0 aliphatic rings. The molecule has 0 atom stereocenters. The van der Waals surface area contributed by atoms with Crippen LogP contribution in [0.2, 0.25) is 0 Å². The van der Waals surface area contributed by atoms with E-state index in [1.165, 1.54) is 24.3 Å². The average Bonchev–Trinajstić information content (AvgIpc) is 2.85. The van der Waals surface area contributed by atoms with Gasteiger partial charge < -0.3 is 18.9 Å². The van der Waals surface area contributed by atoms with Crippen molar-refractivity contribution in [2.75, 3.05) is 39.6 Å². The Hall–Kier alpha value is -3.18. The lowest BCUT2D eigenvalue weighted by Gasteiger charge is -2.14. The topological polar surface area (TPSA) is 108 Å². The Bertz CT molecular complexity index is 820. The van der Waals surface area contributed by atoms with Crippen LogP contribution >= 0.6 is 0 Å². The smallest absolute Gasteiger partial charge is 0.373 e. The molecule has 0 saturated carbocycles. The summed E-state index contributed by atoms with van der Waals surface area (Å²) in [6.07, 6.45) is -0.418. The van der Waals surface area contributed by atoms with Gasteiger partial charge in [-0.25, -0.2) is 9.59 Å². The Morgan fingerprint density at radius 2 is 1.24 bits per heavy atom. The van der Waals surface area contributed by atoms with E-state index in [4.69, 9.17) is 38.5 Å². The van der Waals surface area contributed by atoms with Gasteiger partial charge in [0.05, 0.1) is 37.6 Å². The van der Waals surface area contributed by atoms with Gasteiger partial charge in [-0.05, 0) is 57.2 Å². The third kappa shape index (κ3) is 9.75. The zero-order chi connectivity index (χ0) is 24.6. The van der Waals surface area contributed by atoms with Crippen LogP contribution in [-0.2, 0) is 29.0 Å². The summed E-state index contributed by atoms with van der Waals surface area (Å²) in [6, 6.07) is 12.7. The number of rotatable bonds is 16. The summed E-state index contributed by atoms with van der Waals surface area (Å²) in [6.45, 7) is 8.48. The lowest BCUT2D eigenvalue weighted by atomic mass is 10.2. The van der Waals surface area contributed by atoms with Crippen LogP contribution in [0.25, 0.3) is 0 Å². The summed E-state index contributed by atoms with van der Waals surface area (Å²) >= 11 is 0. The largest absolute Gasteiger partial charge is 0.494 e. The van der Waals surface area contributed by atoms with Crippen LogP contribution in [0.5, 0.6) is 11.5 Å². The molecule has 0 amide bonds. The number of carbonyl (C=O) groups is 2. The van der Waals surface area contributed by atoms with Crippen LogP contribution < -0.4 is 9.47 Å². The molecule has 34 heavy (non-hydrogen) atoms. The molecule has 0 saturated heterocycles. The molecule has 2 aromatic carbocycles. The number of carbonyl (C=O) groups excluding carboxylic acids is 2. The van der Waals surface area contributed by atoms with Crippen molar-refractivity contribution in [2.45, 2.75) is 13.8 Å². The molecule has 184 valence electrons. The molecule has 0 bridgehead atoms. The molecule has 10 heteroatoms. The van der Waals surface area contributed by atoms with Crippen LogP contribution in [0.4, 0.5) is 0 Å². The predicted molar refractivity (Wildman–Crippen MR) is 118 cm³/mol. The molecule has 10 nitrogen and oxygen atoms in total. The van der Waals surface area contributed by atoms with Gasteiger partial charge in [0.15, 0.2) is 0 Å². The molecule has 0 spiro atoms. The van der Waals surface area contributed by atoms with Crippen molar-refractivity contribution in [1.82, 2.24) is 0 Å². The number of benzene rings is 2. The Morgan fingerprint density at radius 1 is 0.735 bits per heavy atom. The van der Waals surface area contributed by atoms with Gasteiger partial charge in [-0.1, -0.05) is 12.1 Å². The first-order chi connectivity index (χ1) is 16.6. The summed E-state index contributed by atoms with van der Waals surface area (Å²) in [4.78, 5) is 44.1. The molecule has 0 aliphatic heterocycles. The van der Waals surface area contributed by atoms with Crippen molar-refractivity contribution < 1.29 is 48.1 Å². The van der Waals surface area contributed by atoms with E-state index in [0.717, 1.165) is 0 Å². The fraction of sp³-hybridized carbons (Fsp3) is 0.333. The van der Waals surface area contributed by atoms with E-state index < -0.39 is 18.2 Å². The highest BCUT2D eigenvalue weighted by molar-refractivity contribution is 5.90. The molecule has 0 aromatic heterocycles. The molecule has 2 radical (unpaired) electrons. The first-order valence-corrected chi connectivity index (χ1v) is 10.6. The van der Waals surface area contributed by atoms with Gasteiger partial charge in [-0.2, -0.15) is 0 Å². The zero-order valence-corrected chi connectivity index (χ0v) is 19.2. The first-order valence-electron chi connectivity index (χ1n) is 10.6. The monoisotopic (exact) mass is 476 g/mol. The first kappa shape index (κ1) is 27.1. The standard InChI is InChI=1S/C24H28O10/c1-4-27-13-14-28-17-22(31-33-23(25)18-9-7-11-20(15-18)29-5-2)32-34-24(26)19-10-8-12-21(16-19)30-6-3/h7-12,15-16H,1,4-6,13-14,17H2,2-3H3. The van der Waals surface area contributed by atoms with E-state index in [-0.39, 0.29) is 37.6 Å². The summed E-state index contributed by atoms with van der Waals surface area (Å²) in [7, 11) is 0. The second kappa shape index (κ2) is 15.6. The summed E-state index contributed by atoms with van der Waals surface area (Å²) in [5, 5.41) is 0. The van der Waals surface area contributed by atoms with E-state index in [9.17, 15) is 9.59 Å². The van der Waals surface area contributed by atoms with Gasteiger partial charge in [0.25, 0.3) is 0 Å². The lowest BCUT2D eigenvalue weighted by molar-refractivity contribution is -0.368. The maximum atomic E-state index is 12.3. The quantitative estimate of drug-likeness (QED) is 0.202. The van der Waals surface area contributed by atoms with Crippen molar-refractivity contribution in [3.8, 4) is 11.5 Å². The van der Waals surface area contributed by atoms with Gasteiger partial charge in [0.2, 0.25) is 0 Å². The molecule has 0 aliphatic carbocycles. The van der Waals surface area contributed by atoms with Gasteiger partial charge in [0, 0.05) is 6.61 Å². The summed E-state index contributed by atoms with van der Waals surface area (Å²) in [5.74, 6) is -0.652. The van der Waals surface area contributed by atoms with Gasteiger partial charge >= 0.3 is 18.2 Å². The van der Waals surface area contributed by atoms with Crippen molar-refractivity contribution in [2.24, 2.45) is 0 Å². The van der Waals surface area contributed by atoms with Crippen LogP contribution in [0.3, 0.4) is 0 Å². The molecule has 0 fully saturated rings. The predicted octanol–water partition coefficient (Wildman–Crippen LogP) is 3.72. The Morgan fingerprint density at radius 3 is 1.71 bits per heavy atom. The van der Waals surface area contributed by atoms with E-state index in [1.54, 1.807) is 24.3 Å². The molecule has 0 N–H and O–H groups in total. The van der Waals surface area contributed by atoms with Gasteiger partial charge in [-0.3, -0.25) is 9.78 Å². The van der Waals surface area contributed by atoms with Crippen LogP contribution in [0, 0.1) is 13.2 Å². The minimum Gasteiger partial charge on any atom is -0.494 e. The van der Waals surface area contributed by atoms with Crippen molar-refractivity contribution in [3.05, 3.63) is 72.9 Å². The molecular formula is C24H28O10. The summed E-state index contributed by atoms with van der Waals surface area (Å²) in [5.41, 5.74) is 0.361. The highest BCUT2D eigenvalue weighted by Gasteiger charge is 2.22. The lowest BCUT2D eigenvalue weighted by Crippen LogP contribution is -2.21. The Balaban J connectivity index is 1.94. The molecule has 0 heterocycles.